The summed E-state index contributed by atoms with van der Waals surface area (Å²) in [5, 5.41) is 18.4. The standard InChI is InChI=1S/C12H14N2O3/c1-2-17-12(16)5-8-3-9(6-13)10(7-14)11(15)4-8/h3-4,15H,2,5-6,13H2,1H3. The number of phenolic OH excluding ortho intramolecular Hbond substituents is 1. The van der Waals surface area contributed by atoms with Crippen LogP contribution < -0.4 is 5.73 Å². The fourth-order valence-corrected chi connectivity index (χ4v) is 1.52. The van der Waals surface area contributed by atoms with Gasteiger partial charge in [-0.15, -0.1) is 0 Å². The van der Waals surface area contributed by atoms with E-state index >= 15 is 0 Å². The summed E-state index contributed by atoms with van der Waals surface area (Å²) in [6.45, 7) is 2.16. The van der Waals surface area contributed by atoms with Gasteiger partial charge in [0.05, 0.1) is 18.6 Å². The molecule has 0 aromatic heterocycles. The Labute approximate surface area is 99.4 Å². The van der Waals surface area contributed by atoms with Crippen LogP contribution in [-0.2, 0) is 22.5 Å². The number of benzene rings is 1. The van der Waals surface area contributed by atoms with Gasteiger partial charge in [0.1, 0.15) is 11.8 Å². The topological polar surface area (TPSA) is 96.3 Å². The molecule has 0 radical (unpaired) electrons. The van der Waals surface area contributed by atoms with Crippen molar-refractivity contribution in [2.45, 2.75) is 19.9 Å². The first-order valence-electron chi connectivity index (χ1n) is 5.22. The number of carbonyl (C=O) groups is 1. The van der Waals surface area contributed by atoms with Gasteiger partial charge in [-0.2, -0.15) is 5.26 Å². The van der Waals surface area contributed by atoms with E-state index in [4.69, 9.17) is 15.7 Å². The van der Waals surface area contributed by atoms with Crippen molar-refractivity contribution < 1.29 is 14.6 Å². The lowest BCUT2D eigenvalue weighted by Gasteiger charge is -2.07. The molecule has 0 saturated carbocycles. The Morgan fingerprint density at radius 3 is 2.82 bits per heavy atom. The zero-order valence-corrected chi connectivity index (χ0v) is 9.56. The molecule has 0 bridgehead atoms. The van der Waals surface area contributed by atoms with Crippen LogP contribution in [-0.4, -0.2) is 17.7 Å². The minimum absolute atomic E-state index is 0.0557. The van der Waals surface area contributed by atoms with Crippen molar-refractivity contribution in [2.75, 3.05) is 6.61 Å². The van der Waals surface area contributed by atoms with Gasteiger partial charge in [0.25, 0.3) is 0 Å². The van der Waals surface area contributed by atoms with Crippen molar-refractivity contribution in [3.05, 3.63) is 28.8 Å². The number of aromatic hydroxyl groups is 1. The first kappa shape index (κ1) is 13.0. The van der Waals surface area contributed by atoms with Crippen LogP contribution in [0.4, 0.5) is 0 Å². The highest BCUT2D eigenvalue weighted by molar-refractivity contribution is 5.73. The number of nitrogens with zero attached hydrogens (tertiary/aromatic N) is 1. The van der Waals surface area contributed by atoms with Gasteiger partial charge in [-0.05, 0) is 24.1 Å². The second-order valence-corrected chi connectivity index (χ2v) is 3.45. The summed E-state index contributed by atoms with van der Waals surface area (Å²) in [7, 11) is 0. The fraction of sp³-hybridized carbons (Fsp3) is 0.333. The highest BCUT2D eigenvalue weighted by Crippen LogP contribution is 2.23. The van der Waals surface area contributed by atoms with Crippen LogP contribution in [0.1, 0.15) is 23.6 Å². The Morgan fingerprint density at radius 1 is 1.59 bits per heavy atom. The molecular formula is C12H14N2O3. The zero-order valence-electron chi connectivity index (χ0n) is 9.56. The molecule has 5 nitrogen and oxygen atoms in total. The van der Waals surface area contributed by atoms with Crippen LogP contribution in [0.5, 0.6) is 5.75 Å². The summed E-state index contributed by atoms with van der Waals surface area (Å²) >= 11 is 0. The summed E-state index contributed by atoms with van der Waals surface area (Å²) in [5.74, 6) is -0.533. The van der Waals surface area contributed by atoms with Crippen molar-refractivity contribution in [1.82, 2.24) is 0 Å². The smallest absolute Gasteiger partial charge is 0.310 e. The molecule has 1 aromatic rings. The zero-order chi connectivity index (χ0) is 12.8. The predicted molar refractivity (Wildman–Crippen MR) is 61.1 cm³/mol. The number of hydrogen-bond acceptors (Lipinski definition) is 5. The van der Waals surface area contributed by atoms with Gasteiger partial charge < -0.3 is 15.6 Å². The third-order valence-corrected chi connectivity index (χ3v) is 2.24. The third kappa shape index (κ3) is 3.20. The quantitative estimate of drug-likeness (QED) is 0.752. The molecule has 5 heteroatoms. The Balaban J connectivity index is 3.00. The van der Waals surface area contributed by atoms with Gasteiger partial charge >= 0.3 is 5.97 Å². The lowest BCUT2D eigenvalue weighted by molar-refractivity contribution is -0.142. The predicted octanol–water partition coefficient (Wildman–Crippen LogP) is 0.828. The highest BCUT2D eigenvalue weighted by atomic mass is 16.5. The number of carbonyl (C=O) groups excluding carboxylic acids is 1. The first-order chi connectivity index (χ1) is 8.12. The number of rotatable bonds is 4. The number of esters is 1. The van der Waals surface area contributed by atoms with Gasteiger partial charge in [-0.25, -0.2) is 0 Å². The van der Waals surface area contributed by atoms with E-state index in [2.05, 4.69) is 0 Å². The van der Waals surface area contributed by atoms with Gasteiger partial charge in [0.2, 0.25) is 0 Å². The van der Waals surface area contributed by atoms with E-state index in [9.17, 15) is 9.90 Å². The van der Waals surface area contributed by atoms with Crippen LogP contribution in [0.2, 0.25) is 0 Å². The molecule has 0 saturated heterocycles. The second-order valence-electron chi connectivity index (χ2n) is 3.45. The summed E-state index contributed by atoms with van der Waals surface area (Å²) in [6, 6.07) is 4.89. The Kier molecular flexibility index (Phi) is 4.49. The highest BCUT2D eigenvalue weighted by Gasteiger charge is 2.11. The molecule has 0 fully saturated rings. The number of phenols is 1. The van der Waals surface area contributed by atoms with Crippen LogP contribution in [0.25, 0.3) is 0 Å². The van der Waals surface area contributed by atoms with Crippen LogP contribution >= 0.6 is 0 Å². The molecule has 3 N–H and O–H groups in total. The molecule has 0 aliphatic heterocycles. The molecule has 0 aliphatic carbocycles. The van der Waals surface area contributed by atoms with Crippen LogP contribution in [0.15, 0.2) is 12.1 Å². The van der Waals surface area contributed by atoms with E-state index in [-0.39, 0.29) is 30.2 Å². The maximum atomic E-state index is 11.3. The average Bonchev–Trinajstić information content (AvgIpc) is 2.28. The molecule has 1 aromatic carbocycles. The van der Waals surface area contributed by atoms with E-state index in [1.54, 1.807) is 13.0 Å². The van der Waals surface area contributed by atoms with E-state index in [0.29, 0.717) is 17.7 Å². The minimum atomic E-state index is -0.375. The monoisotopic (exact) mass is 234 g/mol. The normalized spacial score (nSPS) is 9.71. The van der Waals surface area contributed by atoms with Gasteiger partial charge in [-0.3, -0.25) is 4.79 Å². The number of ether oxygens (including phenoxy) is 1. The summed E-state index contributed by atoms with van der Waals surface area (Å²) < 4.78 is 4.80. The summed E-state index contributed by atoms with van der Waals surface area (Å²) in [6.07, 6.45) is 0.0557. The average molecular weight is 234 g/mol. The number of nitriles is 1. The Bertz CT molecular complexity index is 464. The molecule has 0 atom stereocenters. The SMILES string of the molecule is CCOC(=O)Cc1cc(O)c(C#N)c(CN)c1. The van der Waals surface area contributed by atoms with Crippen molar-refractivity contribution in [3.8, 4) is 11.8 Å². The third-order valence-electron chi connectivity index (χ3n) is 2.24. The molecule has 0 aliphatic rings. The van der Waals surface area contributed by atoms with Gasteiger partial charge in [0, 0.05) is 6.54 Å². The maximum absolute atomic E-state index is 11.3. The molecular weight excluding hydrogens is 220 g/mol. The Morgan fingerprint density at radius 2 is 2.29 bits per heavy atom. The van der Waals surface area contributed by atoms with Gasteiger partial charge in [-0.1, -0.05) is 6.07 Å². The van der Waals surface area contributed by atoms with Crippen molar-refractivity contribution >= 4 is 5.97 Å². The van der Waals surface area contributed by atoms with E-state index in [0.717, 1.165) is 0 Å². The second kappa shape index (κ2) is 5.87. The van der Waals surface area contributed by atoms with E-state index in [1.165, 1.54) is 6.07 Å². The number of hydrogen-bond donors (Lipinski definition) is 2. The maximum Gasteiger partial charge on any atom is 0.310 e. The largest absolute Gasteiger partial charge is 0.507 e. The van der Waals surface area contributed by atoms with Crippen LogP contribution in [0, 0.1) is 11.3 Å². The minimum Gasteiger partial charge on any atom is -0.507 e. The lowest BCUT2D eigenvalue weighted by atomic mass is 10.0. The first-order valence-corrected chi connectivity index (χ1v) is 5.22. The summed E-state index contributed by atoms with van der Waals surface area (Å²) in [5.41, 5.74) is 6.73. The van der Waals surface area contributed by atoms with Crippen molar-refractivity contribution in [3.63, 3.8) is 0 Å². The molecule has 1 rings (SSSR count). The fourth-order valence-electron chi connectivity index (χ4n) is 1.52. The molecule has 0 unspecified atom stereocenters. The molecule has 0 spiro atoms. The van der Waals surface area contributed by atoms with Crippen molar-refractivity contribution in [1.29, 1.82) is 5.26 Å². The van der Waals surface area contributed by atoms with Crippen molar-refractivity contribution in [2.24, 2.45) is 5.73 Å². The molecule has 17 heavy (non-hydrogen) atoms. The summed E-state index contributed by atoms with van der Waals surface area (Å²) in [4.78, 5) is 11.3. The lowest BCUT2D eigenvalue weighted by Crippen LogP contribution is -2.09. The Hall–Kier alpha value is -2.06. The molecule has 0 heterocycles. The van der Waals surface area contributed by atoms with Crippen LogP contribution in [0.3, 0.4) is 0 Å². The molecule has 90 valence electrons. The van der Waals surface area contributed by atoms with E-state index in [1.807, 2.05) is 6.07 Å². The number of nitrogens with two attached hydrogens (primary N) is 1. The van der Waals surface area contributed by atoms with E-state index < -0.39 is 0 Å². The van der Waals surface area contributed by atoms with Gasteiger partial charge in [0.15, 0.2) is 0 Å². The molecule has 0 amide bonds.